The normalized spacial score (nSPS) is 20.9. The van der Waals surface area contributed by atoms with Crippen molar-refractivity contribution in [3.8, 4) is 0 Å². The van der Waals surface area contributed by atoms with Gasteiger partial charge in [-0.3, -0.25) is 15.2 Å². The first-order valence-corrected chi connectivity index (χ1v) is 8.88. The van der Waals surface area contributed by atoms with Gasteiger partial charge in [-0.2, -0.15) is 0 Å². The van der Waals surface area contributed by atoms with E-state index in [0.29, 0.717) is 5.84 Å². The third-order valence-corrected chi connectivity index (χ3v) is 4.81. The number of nitrogens with zero attached hydrogens (tertiary/aromatic N) is 3. The standard InChI is InChI=1S/C20H21N5O2/c1-12(13(2)26)23-19-18(14-6-4-3-5-7-14)25(20(27)24-19)15-8-9-16-17(10-15)22-11-21-16/h3-13,18,26H,1-2H3,(H,21,22)(H,23,24,27). The van der Waals surface area contributed by atoms with Crippen molar-refractivity contribution in [3.63, 3.8) is 0 Å². The predicted octanol–water partition coefficient (Wildman–Crippen LogP) is 3.00. The zero-order valence-corrected chi connectivity index (χ0v) is 15.1. The topological polar surface area (TPSA) is 93.6 Å². The fourth-order valence-corrected chi connectivity index (χ4v) is 3.19. The Kier molecular flexibility index (Phi) is 4.37. The highest BCUT2D eigenvalue weighted by Gasteiger charge is 2.39. The van der Waals surface area contributed by atoms with Crippen molar-refractivity contribution < 1.29 is 9.90 Å². The molecule has 7 heteroatoms. The Morgan fingerprint density at radius 1 is 1.19 bits per heavy atom. The zero-order chi connectivity index (χ0) is 19.0. The van der Waals surface area contributed by atoms with Crippen LogP contribution in [0.2, 0.25) is 0 Å². The number of rotatable bonds is 4. The summed E-state index contributed by atoms with van der Waals surface area (Å²) in [6.07, 6.45) is 1.02. The molecule has 3 unspecified atom stereocenters. The number of imidazole rings is 1. The molecular formula is C20H21N5O2. The molecule has 0 radical (unpaired) electrons. The maximum atomic E-state index is 12.8. The van der Waals surface area contributed by atoms with Crippen LogP contribution in [-0.4, -0.2) is 39.1 Å². The lowest BCUT2D eigenvalue weighted by Gasteiger charge is -2.24. The Labute approximate surface area is 156 Å². The summed E-state index contributed by atoms with van der Waals surface area (Å²) in [7, 11) is 0. The van der Waals surface area contributed by atoms with E-state index < -0.39 is 12.1 Å². The Bertz CT molecular complexity index is 996. The van der Waals surface area contributed by atoms with Gasteiger partial charge in [-0.25, -0.2) is 9.78 Å². The highest BCUT2D eigenvalue weighted by atomic mass is 16.3. The van der Waals surface area contributed by atoms with Crippen LogP contribution in [0.1, 0.15) is 25.5 Å². The molecule has 0 bridgehead atoms. The summed E-state index contributed by atoms with van der Waals surface area (Å²) in [6, 6.07) is 14.4. The molecule has 27 heavy (non-hydrogen) atoms. The van der Waals surface area contributed by atoms with E-state index in [4.69, 9.17) is 0 Å². The highest BCUT2D eigenvalue weighted by molar-refractivity contribution is 6.17. The molecule has 1 aromatic heterocycles. The van der Waals surface area contributed by atoms with Crippen LogP contribution < -0.4 is 10.2 Å². The lowest BCUT2D eigenvalue weighted by molar-refractivity contribution is 0.171. The number of aromatic amines is 1. The van der Waals surface area contributed by atoms with Crippen molar-refractivity contribution in [1.82, 2.24) is 15.3 Å². The Morgan fingerprint density at radius 3 is 2.70 bits per heavy atom. The van der Waals surface area contributed by atoms with Gasteiger partial charge >= 0.3 is 6.03 Å². The second-order valence-corrected chi connectivity index (χ2v) is 6.71. The maximum absolute atomic E-state index is 12.8. The van der Waals surface area contributed by atoms with Gasteiger partial charge in [0.2, 0.25) is 0 Å². The lowest BCUT2D eigenvalue weighted by atomic mass is 10.0. The first-order valence-electron chi connectivity index (χ1n) is 8.88. The number of anilines is 1. The van der Waals surface area contributed by atoms with Crippen LogP contribution in [0.25, 0.3) is 11.0 Å². The number of amides is 2. The van der Waals surface area contributed by atoms with Crippen LogP contribution >= 0.6 is 0 Å². The van der Waals surface area contributed by atoms with E-state index in [0.717, 1.165) is 22.3 Å². The quantitative estimate of drug-likeness (QED) is 0.665. The van der Waals surface area contributed by atoms with Gasteiger partial charge in [0.1, 0.15) is 11.9 Å². The number of carbonyl (C=O) groups excluding carboxylic acids is 1. The lowest BCUT2D eigenvalue weighted by Crippen LogP contribution is -2.29. The first-order chi connectivity index (χ1) is 13.0. The number of amidine groups is 1. The van der Waals surface area contributed by atoms with Gasteiger partial charge in [0.05, 0.1) is 29.5 Å². The molecule has 2 amide bonds. The first kappa shape index (κ1) is 17.2. The Balaban J connectivity index is 1.82. The minimum absolute atomic E-state index is 0.254. The van der Waals surface area contributed by atoms with Crippen molar-refractivity contribution in [2.75, 3.05) is 4.90 Å². The summed E-state index contributed by atoms with van der Waals surface area (Å²) < 4.78 is 0. The predicted molar refractivity (Wildman–Crippen MR) is 105 cm³/mol. The average molecular weight is 363 g/mol. The minimum Gasteiger partial charge on any atom is -0.391 e. The van der Waals surface area contributed by atoms with Crippen molar-refractivity contribution >= 4 is 28.6 Å². The molecule has 2 aromatic carbocycles. The van der Waals surface area contributed by atoms with Crippen molar-refractivity contribution in [3.05, 3.63) is 60.4 Å². The number of benzene rings is 2. The molecule has 1 aliphatic rings. The molecule has 3 N–H and O–H groups in total. The summed E-state index contributed by atoms with van der Waals surface area (Å²) >= 11 is 0. The van der Waals surface area contributed by atoms with Gasteiger partial charge in [-0.05, 0) is 37.6 Å². The van der Waals surface area contributed by atoms with E-state index in [1.165, 1.54) is 0 Å². The van der Waals surface area contributed by atoms with Crippen LogP contribution in [0.4, 0.5) is 10.5 Å². The number of aliphatic imine (C=N–C) groups is 1. The molecule has 4 rings (SSSR count). The average Bonchev–Trinajstić information content (AvgIpc) is 3.25. The number of fused-ring (bicyclic) bond motifs is 1. The van der Waals surface area contributed by atoms with E-state index in [1.807, 2.05) is 55.5 Å². The smallest absolute Gasteiger partial charge is 0.328 e. The molecule has 0 spiro atoms. The van der Waals surface area contributed by atoms with E-state index in [9.17, 15) is 9.90 Å². The van der Waals surface area contributed by atoms with E-state index in [-0.39, 0.29) is 12.1 Å². The summed E-state index contributed by atoms with van der Waals surface area (Å²) in [4.78, 5) is 26.4. The van der Waals surface area contributed by atoms with Crippen molar-refractivity contribution in [2.24, 2.45) is 4.99 Å². The molecule has 0 saturated carbocycles. The number of hydrogen-bond acceptors (Lipinski definition) is 4. The highest BCUT2D eigenvalue weighted by Crippen LogP contribution is 2.33. The molecule has 3 aromatic rings. The van der Waals surface area contributed by atoms with Gasteiger partial charge in [0.15, 0.2) is 0 Å². The minimum atomic E-state index is -0.611. The monoisotopic (exact) mass is 363 g/mol. The van der Waals surface area contributed by atoms with E-state index in [1.54, 1.807) is 18.2 Å². The fraction of sp³-hybridized carbons (Fsp3) is 0.250. The second kappa shape index (κ2) is 6.85. The number of aromatic nitrogens is 2. The van der Waals surface area contributed by atoms with Gasteiger partial charge in [0, 0.05) is 5.69 Å². The van der Waals surface area contributed by atoms with Crippen LogP contribution in [0, 0.1) is 0 Å². The molecule has 0 aliphatic carbocycles. The number of aliphatic hydroxyl groups is 1. The third-order valence-electron chi connectivity index (χ3n) is 4.81. The second-order valence-electron chi connectivity index (χ2n) is 6.71. The summed E-state index contributed by atoms with van der Waals surface area (Å²) in [5.41, 5.74) is 3.37. The largest absolute Gasteiger partial charge is 0.391 e. The third kappa shape index (κ3) is 3.17. The van der Waals surface area contributed by atoms with E-state index >= 15 is 0 Å². The molecular weight excluding hydrogens is 342 g/mol. The van der Waals surface area contributed by atoms with Crippen molar-refractivity contribution in [1.29, 1.82) is 0 Å². The molecule has 3 atom stereocenters. The van der Waals surface area contributed by atoms with Crippen LogP contribution in [-0.2, 0) is 0 Å². The van der Waals surface area contributed by atoms with Crippen LogP contribution in [0.15, 0.2) is 59.9 Å². The Hall–Kier alpha value is -3.19. The molecule has 1 fully saturated rings. The number of carbonyl (C=O) groups is 1. The van der Waals surface area contributed by atoms with Gasteiger partial charge in [-0.1, -0.05) is 30.3 Å². The number of nitrogens with one attached hydrogen (secondary N) is 2. The summed E-state index contributed by atoms with van der Waals surface area (Å²) in [5.74, 6) is 0.529. The van der Waals surface area contributed by atoms with E-state index in [2.05, 4.69) is 20.3 Å². The zero-order valence-electron chi connectivity index (χ0n) is 15.1. The van der Waals surface area contributed by atoms with Gasteiger partial charge < -0.3 is 10.1 Å². The molecule has 1 aliphatic heterocycles. The van der Waals surface area contributed by atoms with Crippen molar-refractivity contribution in [2.45, 2.75) is 32.0 Å². The number of aliphatic hydroxyl groups excluding tert-OH is 1. The molecule has 7 nitrogen and oxygen atoms in total. The maximum Gasteiger partial charge on any atom is 0.328 e. The van der Waals surface area contributed by atoms with Gasteiger partial charge in [-0.15, -0.1) is 0 Å². The SMILES string of the molecule is CC(O)C(C)N=C1NC(=O)N(c2ccc3[nH]cnc3c2)C1c1ccccc1. The number of H-pyrrole nitrogens is 1. The molecule has 2 heterocycles. The van der Waals surface area contributed by atoms with Crippen LogP contribution in [0.3, 0.4) is 0 Å². The Morgan fingerprint density at radius 2 is 1.96 bits per heavy atom. The number of hydrogen-bond donors (Lipinski definition) is 3. The summed E-state index contributed by atoms with van der Waals surface area (Å²) in [5, 5.41) is 12.7. The van der Waals surface area contributed by atoms with Crippen LogP contribution in [0.5, 0.6) is 0 Å². The number of urea groups is 1. The molecule has 138 valence electrons. The molecule has 1 saturated heterocycles. The summed E-state index contributed by atoms with van der Waals surface area (Å²) in [6.45, 7) is 3.51. The van der Waals surface area contributed by atoms with Gasteiger partial charge in [0.25, 0.3) is 0 Å². The fourth-order valence-electron chi connectivity index (χ4n) is 3.19.